The molecule has 1 aromatic heterocycles. The third-order valence-corrected chi connectivity index (χ3v) is 4.79. The molecule has 6 nitrogen and oxygen atoms in total. The third kappa shape index (κ3) is 5.23. The van der Waals surface area contributed by atoms with Crippen LogP contribution in [-0.2, 0) is 7.05 Å². The van der Waals surface area contributed by atoms with Crippen molar-refractivity contribution in [2.24, 2.45) is 18.9 Å². The van der Waals surface area contributed by atoms with Crippen molar-refractivity contribution in [1.29, 1.82) is 0 Å². The number of nitrogens with zero attached hydrogens (tertiary/aromatic N) is 4. The van der Waals surface area contributed by atoms with Crippen molar-refractivity contribution >= 4 is 6.03 Å². The molecule has 0 saturated carbocycles. The van der Waals surface area contributed by atoms with Gasteiger partial charge in [0.2, 0.25) is 0 Å². The van der Waals surface area contributed by atoms with E-state index >= 15 is 0 Å². The van der Waals surface area contributed by atoms with Crippen LogP contribution in [0.25, 0.3) is 0 Å². The quantitative estimate of drug-likeness (QED) is 0.869. The summed E-state index contributed by atoms with van der Waals surface area (Å²) in [5, 5.41) is 7.36. The van der Waals surface area contributed by atoms with Crippen LogP contribution in [-0.4, -0.2) is 59.3 Å². The van der Waals surface area contributed by atoms with Crippen LogP contribution in [0.4, 0.5) is 4.79 Å². The number of rotatable bonds is 6. The summed E-state index contributed by atoms with van der Waals surface area (Å²) in [6.07, 6.45) is 7.45. The minimum atomic E-state index is 0.0687. The molecular formula is C18H33N5O. The number of nitrogens with one attached hydrogen (secondary N) is 1. The van der Waals surface area contributed by atoms with E-state index in [-0.39, 0.29) is 12.1 Å². The first-order chi connectivity index (χ1) is 11.4. The maximum Gasteiger partial charge on any atom is 0.317 e. The number of likely N-dealkylation sites (tertiary alicyclic amines) is 1. The normalized spacial score (nSPS) is 19.8. The molecule has 1 aliphatic heterocycles. The molecule has 0 unspecified atom stereocenters. The van der Waals surface area contributed by atoms with Crippen molar-refractivity contribution in [3.63, 3.8) is 0 Å². The fourth-order valence-corrected chi connectivity index (χ4v) is 3.62. The monoisotopic (exact) mass is 335 g/mol. The maximum atomic E-state index is 12.6. The maximum absolute atomic E-state index is 12.6. The fourth-order valence-electron chi connectivity index (χ4n) is 3.62. The molecule has 2 amide bonds. The van der Waals surface area contributed by atoms with E-state index in [1.165, 1.54) is 12.8 Å². The Bertz CT molecular complexity index is 525. The topological polar surface area (TPSA) is 53.4 Å². The zero-order chi connectivity index (χ0) is 17.7. The number of aryl methyl sites for hydroxylation is 1. The minimum Gasteiger partial charge on any atom is -0.336 e. The number of carbonyl (C=O) groups is 1. The number of piperidine rings is 1. The predicted octanol–water partition coefficient (Wildman–Crippen LogP) is 2.49. The third-order valence-electron chi connectivity index (χ3n) is 4.79. The lowest BCUT2D eigenvalue weighted by Gasteiger charge is -2.34. The standard InChI is InChI=1S/C18H33N5O/c1-14(2)9-15-7-6-8-23(12-15)18(24)19-11-17(21(3)4)16-10-20-22(5)13-16/h10,13-15,17H,6-9,11-12H2,1-5H3,(H,19,24)/t15-,17-/m1/s1. The van der Waals surface area contributed by atoms with E-state index in [4.69, 9.17) is 0 Å². The summed E-state index contributed by atoms with van der Waals surface area (Å²) in [6.45, 7) is 6.88. The average molecular weight is 335 g/mol. The number of urea groups is 1. The molecule has 1 N–H and O–H groups in total. The van der Waals surface area contributed by atoms with Gasteiger partial charge in [0.15, 0.2) is 0 Å². The van der Waals surface area contributed by atoms with E-state index in [0.29, 0.717) is 18.4 Å². The second kappa shape index (κ2) is 8.51. The molecule has 24 heavy (non-hydrogen) atoms. The molecule has 0 aliphatic carbocycles. The van der Waals surface area contributed by atoms with Gasteiger partial charge in [0, 0.05) is 38.4 Å². The molecule has 2 rings (SSSR count). The number of hydrogen-bond acceptors (Lipinski definition) is 3. The van der Waals surface area contributed by atoms with Crippen LogP contribution < -0.4 is 5.32 Å². The lowest BCUT2D eigenvalue weighted by molar-refractivity contribution is 0.154. The zero-order valence-electron chi connectivity index (χ0n) is 15.8. The highest BCUT2D eigenvalue weighted by Crippen LogP contribution is 2.23. The van der Waals surface area contributed by atoms with Gasteiger partial charge in [0.05, 0.1) is 12.2 Å². The van der Waals surface area contributed by atoms with Crippen LogP contribution in [0.2, 0.25) is 0 Å². The van der Waals surface area contributed by atoms with E-state index < -0.39 is 0 Å². The lowest BCUT2D eigenvalue weighted by Crippen LogP contribution is -2.47. The Labute approximate surface area is 146 Å². The molecule has 0 aromatic carbocycles. The second-order valence-corrected chi connectivity index (χ2v) is 7.70. The van der Waals surface area contributed by atoms with Gasteiger partial charge in [-0.15, -0.1) is 0 Å². The van der Waals surface area contributed by atoms with Gasteiger partial charge in [-0.25, -0.2) is 4.79 Å². The molecule has 1 aromatic rings. The van der Waals surface area contributed by atoms with Crippen molar-refractivity contribution in [3.05, 3.63) is 18.0 Å². The van der Waals surface area contributed by atoms with Crippen molar-refractivity contribution < 1.29 is 4.79 Å². The van der Waals surface area contributed by atoms with Gasteiger partial charge in [-0.05, 0) is 45.2 Å². The molecule has 1 aliphatic rings. The summed E-state index contributed by atoms with van der Waals surface area (Å²) in [6, 6.07) is 0.207. The van der Waals surface area contributed by atoms with Gasteiger partial charge in [0.1, 0.15) is 0 Å². The lowest BCUT2D eigenvalue weighted by atomic mass is 9.90. The van der Waals surface area contributed by atoms with Crippen LogP contribution in [0.3, 0.4) is 0 Å². The molecule has 0 spiro atoms. The van der Waals surface area contributed by atoms with Gasteiger partial charge in [-0.2, -0.15) is 5.10 Å². The largest absolute Gasteiger partial charge is 0.336 e. The number of amides is 2. The molecule has 1 saturated heterocycles. The van der Waals surface area contributed by atoms with E-state index in [0.717, 1.165) is 25.1 Å². The van der Waals surface area contributed by atoms with E-state index in [1.54, 1.807) is 4.68 Å². The second-order valence-electron chi connectivity index (χ2n) is 7.70. The molecule has 6 heteroatoms. The zero-order valence-corrected chi connectivity index (χ0v) is 15.8. The fraction of sp³-hybridized carbons (Fsp3) is 0.778. The summed E-state index contributed by atoms with van der Waals surface area (Å²) in [4.78, 5) is 16.7. The Hall–Kier alpha value is -1.56. The van der Waals surface area contributed by atoms with Gasteiger partial charge >= 0.3 is 6.03 Å². The Morgan fingerprint density at radius 3 is 2.79 bits per heavy atom. The van der Waals surface area contributed by atoms with Crippen molar-refractivity contribution in [2.75, 3.05) is 33.7 Å². The SMILES string of the molecule is CC(C)C[C@H]1CCCN(C(=O)NC[C@H](c2cnn(C)c2)N(C)C)C1. The molecule has 0 radical (unpaired) electrons. The van der Waals surface area contributed by atoms with Crippen LogP contribution in [0.1, 0.15) is 44.7 Å². The van der Waals surface area contributed by atoms with Crippen molar-refractivity contribution in [1.82, 2.24) is 24.9 Å². The highest BCUT2D eigenvalue weighted by Gasteiger charge is 2.25. The minimum absolute atomic E-state index is 0.0687. The van der Waals surface area contributed by atoms with Crippen molar-refractivity contribution in [3.8, 4) is 0 Å². The van der Waals surface area contributed by atoms with Crippen LogP contribution >= 0.6 is 0 Å². The van der Waals surface area contributed by atoms with Gasteiger partial charge < -0.3 is 15.1 Å². The van der Waals surface area contributed by atoms with Crippen LogP contribution in [0, 0.1) is 11.8 Å². The van der Waals surface area contributed by atoms with Gasteiger partial charge in [-0.1, -0.05) is 13.8 Å². The highest BCUT2D eigenvalue weighted by molar-refractivity contribution is 5.74. The first-order valence-electron chi connectivity index (χ1n) is 9.04. The summed E-state index contributed by atoms with van der Waals surface area (Å²) < 4.78 is 1.80. The molecule has 1 fully saturated rings. The van der Waals surface area contributed by atoms with Gasteiger partial charge in [-0.3, -0.25) is 4.68 Å². The number of hydrogen-bond donors (Lipinski definition) is 1. The Balaban J connectivity index is 1.88. The van der Waals surface area contributed by atoms with E-state index in [2.05, 4.69) is 29.2 Å². The molecule has 2 atom stereocenters. The number of likely N-dealkylation sites (N-methyl/N-ethyl adjacent to an activating group) is 1. The number of carbonyl (C=O) groups excluding carboxylic acids is 1. The summed E-state index contributed by atoms with van der Waals surface area (Å²) >= 11 is 0. The molecule has 0 bridgehead atoms. The smallest absolute Gasteiger partial charge is 0.317 e. The van der Waals surface area contributed by atoms with Crippen LogP contribution in [0.5, 0.6) is 0 Å². The average Bonchev–Trinajstić information content (AvgIpc) is 2.92. The van der Waals surface area contributed by atoms with Gasteiger partial charge in [0.25, 0.3) is 0 Å². The molecular weight excluding hydrogens is 302 g/mol. The Morgan fingerprint density at radius 1 is 1.46 bits per heavy atom. The van der Waals surface area contributed by atoms with E-state index in [1.807, 2.05) is 38.4 Å². The van der Waals surface area contributed by atoms with Crippen LogP contribution in [0.15, 0.2) is 12.4 Å². The summed E-state index contributed by atoms with van der Waals surface area (Å²) in [7, 11) is 5.98. The van der Waals surface area contributed by atoms with E-state index in [9.17, 15) is 4.79 Å². The predicted molar refractivity (Wildman–Crippen MR) is 96.8 cm³/mol. The first kappa shape index (κ1) is 18.8. The number of aromatic nitrogens is 2. The highest BCUT2D eigenvalue weighted by atomic mass is 16.2. The molecule has 136 valence electrons. The Morgan fingerprint density at radius 2 is 2.21 bits per heavy atom. The first-order valence-corrected chi connectivity index (χ1v) is 9.04. The Kier molecular flexibility index (Phi) is 6.66. The molecule has 2 heterocycles. The summed E-state index contributed by atoms with van der Waals surface area (Å²) in [5.74, 6) is 1.34. The van der Waals surface area contributed by atoms with Crippen molar-refractivity contribution in [2.45, 2.75) is 39.2 Å². The summed E-state index contributed by atoms with van der Waals surface area (Å²) in [5.41, 5.74) is 1.12.